The Kier molecular flexibility index (Phi) is 9.90. The van der Waals surface area contributed by atoms with E-state index in [4.69, 9.17) is 4.74 Å². The fourth-order valence-electron chi connectivity index (χ4n) is 2.75. The number of ether oxygens (including phenoxy) is 1. The highest BCUT2D eigenvalue weighted by Gasteiger charge is 2.23. The third kappa shape index (κ3) is 6.56. The van der Waals surface area contributed by atoms with Gasteiger partial charge in [-0.25, -0.2) is 4.79 Å². The molecule has 0 saturated carbocycles. The minimum absolute atomic E-state index is 0. The van der Waals surface area contributed by atoms with Crippen LogP contribution in [-0.4, -0.2) is 74.6 Å². The Morgan fingerprint density at radius 3 is 2.22 bits per heavy atom. The van der Waals surface area contributed by atoms with Crippen molar-refractivity contribution in [2.24, 2.45) is 4.99 Å². The molecular weight excluding hydrogens is 461 g/mol. The van der Waals surface area contributed by atoms with Gasteiger partial charge in [0.15, 0.2) is 5.96 Å². The minimum atomic E-state index is -0.258. The monoisotopic (exact) mass is 489 g/mol. The van der Waals surface area contributed by atoms with Crippen LogP contribution in [0.1, 0.15) is 22.8 Å². The number of amides is 2. The number of hydrogen-bond donors (Lipinski definition) is 2. The van der Waals surface area contributed by atoms with Gasteiger partial charge in [-0.2, -0.15) is 0 Å². The van der Waals surface area contributed by atoms with Gasteiger partial charge in [-0.15, -0.1) is 24.0 Å². The lowest BCUT2D eigenvalue weighted by atomic mass is 10.1. The number of benzene rings is 1. The first-order valence-corrected chi connectivity index (χ1v) is 8.77. The van der Waals surface area contributed by atoms with Gasteiger partial charge in [0.25, 0.3) is 5.91 Å². The van der Waals surface area contributed by atoms with E-state index >= 15 is 0 Å². The predicted octanol–water partition coefficient (Wildman–Crippen LogP) is 1.51. The number of carbonyl (C=O) groups excluding carboxylic acids is 2. The average Bonchev–Trinajstić information content (AvgIpc) is 2.69. The summed E-state index contributed by atoms with van der Waals surface area (Å²) in [7, 11) is 3.36. The van der Waals surface area contributed by atoms with Gasteiger partial charge in [-0.05, 0) is 24.6 Å². The van der Waals surface area contributed by atoms with Gasteiger partial charge in [-0.3, -0.25) is 9.79 Å². The van der Waals surface area contributed by atoms with Crippen molar-refractivity contribution in [1.29, 1.82) is 0 Å². The van der Waals surface area contributed by atoms with E-state index in [-0.39, 0.29) is 36.0 Å². The van der Waals surface area contributed by atoms with Crippen molar-refractivity contribution in [3.05, 3.63) is 35.4 Å². The zero-order chi connectivity index (χ0) is 18.9. The van der Waals surface area contributed by atoms with E-state index in [0.717, 1.165) is 11.5 Å². The molecule has 1 heterocycles. The molecule has 0 spiro atoms. The van der Waals surface area contributed by atoms with Crippen LogP contribution in [0.2, 0.25) is 0 Å². The molecule has 0 atom stereocenters. The number of nitrogens with zero attached hydrogens (tertiary/aromatic N) is 3. The van der Waals surface area contributed by atoms with Crippen molar-refractivity contribution >= 4 is 41.9 Å². The van der Waals surface area contributed by atoms with Gasteiger partial charge >= 0.3 is 6.09 Å². The van der Waals surface area contributed by atoms with Gasteiger partial charge in [-0.1, -0.05) is 12.1 Å². The third-order valence-corrected chi connectivity index (χ3v) is 4.21. The normalized spacial score (nSPS) is 14.3. The number of hydrogen-bond acceptors (Lipinski definition) is 4. The highest BCUT2D eigenvalue weighted by molar-refractivity contribution is 14.0. The molecule has 2 N–H and O–H groups in total. The van der Waals surface area contributed by atoms with Crippen LogP contribution in [0.25, 0.3) is 0 Å². The maximum absolute atomic E-state index is 11.8. The molecule has 8 nitrogen and oxygen atoms in total. The quantitative estimate of drug-likeness (QED) is 0.381. The summed E-state index contributed by atoms with van der Waals surface area (Å²) in [5.74, 6) is 0.698. The number of halogens is 1. The molecular formula is C18H28IN5O3. The van der Waals surface area contributed by atoms with Gasteiger partial charge in [0.05, 0.1) is 6.61 Å². The van der Waals surface area contributed by atoms with Crippen LogP contribution in [0.5, 0.6) is 0 Å². The van der Waals surface area contributed by atoms with E-state index in [1.165, 1.54) is 0 Å². The Bertz CT molecular complexity index is 643. The zero-order valence-corrected chi connectivity index (χ0v) is 18.4. The Balaban J connectivity index is 0.00000364. The number of carbonyl (C=O) groups is 2. The predicted molar refractivity (Wildman–Crippen MR) is 116 cm³/mol. The fraction of sp³-hybridized carbons (Fsp3) is 0.500. The maximum atomic E-state index is 11.8. The molecule has 1 aliphatic rings. The van der Waals surface area contributed by atoms with Crippen LogP contribution >= 0.6 is 24.0 Å². The second kappa shape index (κ2) is 11.6. The number of nitrogens with one attached hydrogen (secondary N) is 2. The van der Waals surface area contributed by atoms with Crippen LogP contribution in [0.3, 0.4) is 0 Å². The van der Waals surface area contributed by atoms with Crippen LogP contribution in [0.15, 0.2) is 29.3 Å². The first kappa shape index (κ1) is 23.0. The highest BCUT2D eigenvalue weighted by Crippen LogP contribution is 2.07. The smallest absolute Gasteiger partial charge is 0.409 e. The Morgan fingerprint density at radius 2 is 1.70 bits per heavy atom. The van der Waals surface area contributed by atoms with Crippen molar-refractivity contribution in [2.45, 2.75) is 13.5 Å². The summed E-state index contributed by atoms with van der Waals surface area (Å²) in [4.78, 5) is 31.5. The maximum Gasteiger partial charge on any atom is 0.409 e. The van der Waals surface area contributed by atoms with Gasteiger partial charge in [0.1, 0.15) is 0 Å². The van der Waals surface area contributed by atoms with Crippen molar-refractivity contribution in [1.82, 2.24) is 20.4 Å². The number of rotatable bonds is 4. The third-order valence-electron chi connectivity index (χ3n) is 4.21. The second-order valence-electron chi connectivity index (χ2n) is 5.85. The van der Waals surface area contributed by atoms with Gasteiger partial charge in [0.2, 0.25) is 0 Å². The minimum Gasteiger partial charge on any atom is -0.450 e. The van der Waals surface area contributed by atoms with E-state index in [9.17, 15) is 9.59 Å². The molecule has 0 radical (unpaired) electrons. The molecule has 1 saturated heterocycles. The number of guanidine groups is 1. The number of piperazine rings is 1. The summed E-state index contributed by atoms with van der Waals surface area (Å²) in [5.41, 5.74) is 1.69. The molecule has 2 rings (SSSR count). The number of aliphatic imine (C=N–C) groups is 1. The fourth-order valence-corrected chi connectivity index (χ4v) is 2.75. The summed E-state index contributed by atoms with van der Waals surface area (Å²) < 4.78 is 5.04. The summed E-state index contributed by atoms with van der Waals surface area (Å²) >= 11 is 0. The average molecular weight is 489 g/mol. The Morgan fingerprint density at radius 1 is 1.11 bits per heavy atom. The highest BCUT2D eigenvalue weighted by atomic mass is 127. The Hall–Kier alpha value is -2.04. The lowest BCUT2D eigenvalue weighted by Gasteiger charge is -2.35. The van der Waals surface area contributed by atoms with E-state index in [1.807, 2.05) is 12.1 Å². The zero-order valence-electron chi connectivity index (χ0n) is 16.0. The molecule has 2 amide bonds. The van der Waals surface area contributed by atoms with Gasteiger partial charge in [0, 0.05) is 52.4 Å². The summed E-state index contributed by atoms with van der Waals surface area (Å²) in [6.07, 6.45) is -0.258. The molecule has 0 bridgehead atoms. The van der Waals surface area contributed by atoms with E-state index in [0.29, 0.717) is 44.9 Å². The van der Waals surface area contributed by atoms with E-state index in [2.05, 4.69) is 20.5 Å². The van der Waals surface area contributed by atoms with Crippen molar-refractivity contribution in [3.63, 3.8) is 0 Å². The molecule has 1 aromatic rings. The topological polar surface area (TPSA) is 86.3 Å². The summed E-state index contributed by atoms with van der Waals surface area (Å²) in [5, 5.41) is 5.93. The summed E-state index contributed by atoms with van der Waals surface area (Å²) in [6.45, 7) is 5.43. The lowest BCUT2D eigenvalue weighted by Crippen LogP contribution is -2.53. The largest absolute Gasteiger partial charge is 0.450 e. The molecule has 9 heteroatoms. The molecule has 1 fully saturated rings. The van der Waals surface area contributed by atoms with E-state index < -0.39 is 0 Å². The van der Waals surface area contributed by atoms with Crippen molar-refractivity contribution < 1.29 is 14.3 Å². The molecule has 0 unspecified atom stereocenters. The molecule has 27 heavy (non-hydrogen) atoms. The molecule has 1 aromatic carbocycles. The first-order valence-electron chi connectivity index (χ1n) is 8.77. The SMILES string of the molecule is CCOC(=O)N1CCN(C(=NC)NCc2ccc(C(=O)NC)cc2)CC1.I. The molecule has 150 valence electrons. The first-order chi connectivity index (χ1) is 12.6. The van der Waals surface area contributed by atoms with Crippen molar-refractivity contribution in [2.75, 3.05) is 46.9 Å². The van der Waals surface area contributed by atoms with Crippen LogP contribution in [0, 0.1) is 0 Å². The van der Waals surface area contributed by atoms with Crippen molar-refractivity contribution in [3.8, 4) is 0 Å². The second-order valence-corrected chi connectivity index (χ2v) is 5.85. The molecule has 1 aliphatic heterocycles. The van der Waals surface area contributed by atoms with E-state index in [1.54, 1.807) is 38.1 Å². The van der Waals surface area contributed by atoms with Crippen LogP contribution < -0.4 is 10.6 Å². The molecule has 0 aromatic heterocycles. The van der Waals surface area contributed by atoms with Crippen LogP contribution in [-0.2, 0) is 11.3 Å². The Labute approximate surface area is 177 Å². The van der Waals surface area contributed by atoms with Gasteiger partial charge < -0.3 is 25.2 Å². The lowest BCUT2D eigenvalue weighted by molar-refractivity contribution is 0.0913. The standard InChI is InChI=1S/C18H27N5O3.HI/c1-4-26-18(25)23-11-9-22(10-12-23)17(20-3)21-13-14-5-7-15(8-6-14)16(24)19-2;/h5-8H,4,9-13H2,1-3H3,(H,19,24)(H,20,21);1H. The summed E-state index contributed by atoms with van der Waals surface area (Å²) in [6, 6.07) is 7.44. The molecule has 0 aliphatic carbocycles. The van der Waals surface area contributed by atoms with Crippen LogP contribution in [0.4, 0.5) is 4.79 Å².